The summed E-state index contributed by atoms with van der Waals surface area (Å²) in [6, 6.07) is 22.3. The fourth-order valence-corrected chi connectivity index (χ4v) is 6.44. The maximum Gasteiger partial charge on any atom is 0.327 e. The smallest absolute Gasteiger partial charge is 0.327 e. The van der Waals surface area contributed by atoms with Crippen molar-refractivity contribution < 1.29 is 4.43 Å². The zero-order valence-corrected chi connectivity index (χ0v) is 13.8. The lowest BCUT2D eigenvalue weighted by molar-refractivity contribution is 0.519. The third kappa shape index (κ3) is 3.56. The predicted octanol–water partition coefficient (Wildman–Crippen LogP) is 3.54. The summed E-state index contributed by atoms with van der Waals surface area (Å²) in [5.41, 5.74) is 0. The van der Waals surface area contributed by atoms with E-state index in [2.05, 4.69) is 79.6 Å². The molecule has 2 rings (SSSR count). The Morgan fingerprint density at radius 2 is 1.43 bits per heavy atom. The van der Waals surface area contributed by atoms with E-state index in [9.17, 15) is 0 Å². The Balaban J connectivity index is 2.55. The average Bonchev–Trinajstić information content (AvgIpc) is 2.57. The molecule has 21 heavy (non-hydrogen) atoms. The van der Waals surface area contributed by atoms with Crippen LogP contribution in [0, 0.1) is 12.0 Å². The SMILES string of the molecule is CC#CO[Si](CCCC)(c1ccccc1)c1ccccc1. The van der Waals surface area contributed by atoms with Crippen LogP contribution in [0.3, 0.4) is 0 Å². The van der Waals surface area contributed by atoms with Crippen molar-refractivity contribution >= 4 is 18.7 Å². The average molecular weight is 294 g/mol. The van der Waals surface area contributed by atoms with Crippen LogP contribution >= 0.6 is 0 Å². The molecule has 0 aliphatic carbocycles. The molecule has 0 heterocycles. The Hall–Kier alpha value is -1.98. The molecule has 2 aromatic rings. The number of hydrogen-bond acceptors (Lipinski definition) is 1. The summed E-state index contributed by atoms with van der Waals surface area (Å²) in [7, 11) is -2.26. The van der Waals surface area contributed by atoms with Crippen molar-refractivity contribution in [3.05, 3.63) is 60.7 Å². The van der Waals surface area contributed by atoms with Crippen molar-refractivity contribution in [2.75, 3.05) is 0 Å². The first kappa shape index (κ1) is 15.4. The fourth-order valence-electron chi connectivity index (χ4n) is 2.60. The van der Waals surface area contributed by atoms with E-state index >= 15 is 0 Å². The van der Waals surface area contributed by atoms with E-state index in [-0.39, 0.29) is 0 Å². The van der Waals surface area contributed by atoms with Crippen LogP contribution in [-0.4, -0.2) is 8.32 Å². The van der Waals surface area contributed by atoms with Crippen molar-refractivity contribution in [3.63, 3.8) is 0 Å². The summed E-state index contributed by atoms with van der Waals surface area (Å²) in [5, 5.41) is 2.60. The largest absolute Gasteiger partial charge is 0.490 e. The van der Waals surface area contributed by atoms with E-state index in [1.807, 2.05) is 6.92 Å². The number of unbranched alkanes of at least 4 members (excludes halogenated alkanes) is 1. The highest BCUT2D eigenvalue weighted by Gasteiger charge is 2.40. The van der Waals surface area contributed by atoms with E-state index in [0.29, 0.717) is 0 Å². The van der Waals surface area contributed by atoms with E-state index in [0.717, 1.165) is 18.9 Å². The molecule has 0 aromatic heterocycles. The van der Waals surface area contributed by atoms with Crippen LogP contribution < -0.4 is 10.4 Å². The highest BCUT2D eigenvalue weighted by molar-refractivity contribution is 6.97. The summed E-state index contributed by atoms with van der Waals surface area (Å²) < 4.78 is 6.23. The summed E-state index contributed by atoms with van der Waals surface area (Å²) in [5.74, 6) is 2.90. The van der Waals surface area contributed by atoms with Crippen LogP contribution in [0.15, 0.2) is 60.7 Å². The normalized spacial score (nSPS) is 10.6. The Kier molecular flexibility index (Phi) is 5.65. The molecule has 0 aliphatic heterocycles. The first-order valence-corrected chi connectivity index (χ1v) is 9.66. The van der Waals surface area contributed by atoms with Gasteiger partial charge in [0.05, 0.1) is 6.11 Å². The molecule has 0 unspecified atom stereocenters. The minimum absolute atomic E-state index is 1.06. The van der Waals surface area contributed by atoms with E-state index < -0.39 is 8.32 Å². The van der Waals surface area contributed by atoms with Crippen molar-refractivity contribution in [1.29, 1.82) is 0 Å². The fraction of sp³-hybridized carbons (Fsp3) is 0.263. The predicted molar refractivity (Wildman–Crippen MR) is 92.2 cm³/mol. The number of hydrogen-bond donors (Lipinski definition) is 0. The number of rotatable bonds is 6. The van der Waals surface area contributed by atoms with Gasteiger partial charge in [-0.3, -0.25) is 0 Å². The first-order valence-electron chi connectivity index (χ1n) is 7.54. The molecule has 0 spiro atoms. The molecule has 2 aromatic carbocycles. The first-order chi connectivity index (χ1) is 10.3. The van der Waals surface area contributed by atoms with Crippen molar-refractivity contribution in [2.24, 2.45) is 0 Å². The van der Waals surface area contributed by atoms with Gasteiger partial charge in [-0.25, -0.2) is 0 Å². The van der Waals surface area contributed by atoms with Crippen molar-refractivity contribution in [3.8, 4) is 12.0 Å². The van der Waals surface area contributed by atoms with E-state index in [4.69, 9.17) is 4.43 Å². The minimum atomic E-state index is -2.26. The Bertz CT molecular complexity index is 556. The maximum absolute atomic E-state index is 6.23. The van der Waals surface area contributed by atoms with Gasteiger partial charge >= 0.3 is 8.32 Å². The van der Waals surface area contributed by atoms with Crippen LogP contribution in [0.5, 0.6) is 0 Å². The third-order valence-corrected chi connectivity index (χ3v) is 7.73. The molecule has 0 bridgehead atoms. The van der Waals surface area contributed by atoms with Crippen molar-refractivity contribution in [2.45, 2.75) is 32.7 Å². The molecular weight excluding hydrogens is 272 g/mol. The van der Waals surface area contributed by atoms with Gasteiger partial charge in [-0.1, -0.05) is 86.3 Å². The minimum Gasteiger partial charge on any atom is -0.490 e. The number of benzene rings is 2. The van der Waals surface area contributed by atoms with Gasteiger partial charge in [-0.15, -0.1) is 0 Å². The van der Waals surface area contributed by atoms with Gasteiger partial charge < -0.3 is 4.43 Å². The molecule has 0 saturated carbocycles. The summed E-state index contributed by atoms with van der Waals surface area (Å²) in [4.78, 5) is 0. The highest BCUT2D eigenvalue weighted by Crippen LogP contribution is 2.16. The van der Waals surface area contributed by atoms with Crippen LogP contribution in [0.25, 0.3) is 0 Å². The standard InChI is InChI=1S/C19H22OSi/c1-3-5-17-21(20-16-4-2,18-12-8-6-9-13-18)19-14-10-7-11-15-19/h6-15H,3,5,17H2,1-2H3. The molecule has 0 fully saturated rings. The maximum atomic E-state index is 6.23. The van der Waals surface area contributed by atoms with Gasteiger partial charge in [-0.2, -0.15) is 0 Å². The monoisotopic (exact) mass is 294 g/mol. The third-order valence-electron chi connectivity index (χ3n) is 3.69. The Morgan fingerprint density at radius 1 is 0.905 bits per heavy atom. The second kappa shape index (κ2) is 7.71. The van der Waals surface area contributed by atoms with Gasteiger partial charge in [0.1, 0.15) is 0 Å². The Morgan fingerprint density at radius 3 is 1.86 bits per heavy atom. The van der Waals surface area contributed by atoms with Gasteiger partial charge in [0, 0.05) is 6.92 Å². The Labute approximate surface area is 129 Å². The second-order valence-corrected chi connectivity index (χ2v) is 8.63. The molecule has 2 heteroatoms. The van der Waals surface area contributed by atoms with E-state index in [1.54, 1.807) is 0 Å². The molecule has 108 valence electrons. The summed E-state index contributed by atoms with van der Waals surface area (Å²) in [6.45, 7) is 4.05. The lowest BCUT2D eigenvalue weighted by Crippen LogP contribution is -2.60. The lowest BCUT2D eigenvalue weighted by Gasteiger charge is -2.29. The van der Waals surface area contributed by atoms with Crippen LogP contribution in [0.2, 0.25) is 6.04 Å². The van der Waals surface area contributed by atoms with Crippen LogP contribution in [-0.2, 0) is 4.43 Å². The van der Waals surface area contributed by atoms with Crippen LogP contribution in [0.1, 0.15) is 26.7 Å². The zero-order chi connectivity index (χ0) is 15.0. The van der Waals surface area contributed by atoms with Gasteiger partial charge in [-0.05, 0) is 16.4 Å². The quantitative estimate of drug-likeness (QED) is 0.585. The van der Waals surface area contributed by atoms with Crippen LogP contribution in [0.4, 0.5) is 0 Å². The van der Waals surface area contributed by atoms with Gasteiger partial charge in [0.2, 0.25) is 0 Å². The molecular formula is C19H22OSi. The highest BCUT2D eigenvalue weighted by atomic mass is 28.4. The molecule has 0 atom stereocenters. The molecule has 0 aliphatic rings. The lowest BCUT2D eigenvalue weighted by atomic mass is 10.4. The topological polar surface area (TPSA) is 9.23 Å². The molecule has 0 amide bonds. The van der Waals surface area contributed by atoms with Crippen molar-refractivity contribution in [1.82, 2.24) is 0 Å². The second-order valence-electron chi connectivity index (χ2n) is 5.12. The van der Waals surface area contributed by atoms with Gasteiger partial charge in [0.15, 0.2) is 0 Å². The van der Waals surface area contributed by atoms with Gasteiger partial charge in [0.25, 0.3) is 0 Å². The molecule has 0 saturated heterocycles. The molecule has 0 N–H and O–H groups in total. The molecule has 1 nitrogen and oxygen atoms in total. The molecule has 0 radical (unpaired) electrons. The van der Waals surface area contributed by atoms with E-state index in [1.165, 1.54) is 10.4 Å². The summed E-state index contributed by atoms with van der Waals surface area (Å²) in [6.07, 6.45) is 5.22. The summed E-state index contributed by atoms with van der Waals surface area (Å²) >= 11 is 0. The zero-order valence-electron chi connectivity index (χ0n) is 12.8.